The maximum absolute atomic E-state index is 12.9. The number of hydrogen-bond donors (Lipinski definition) is 0. The third-order valence-electron chi connectivity index (χ3n) is 5.61. The second kappa shape index (κ2) is 8.17. The number of rotatable bonds is 5. The summed E-state index contributed by atoms with van der Waals surface area (Å²) in [5.74, 6) is 0.719. The summed E-state index contributed by atoms with van der Waals surface area (Å²) in [4.78, 5) is 35.4. The molecule has 1 atom stereocenters. The van der Waals surface area contributed by atoms with Crippen LogP contribution in [-0.2, 0) is 17.8 Å². The molecule has 4 heterocycles. The fourth-order valence-electron chi connectivity index (χ4n) is 4.06. The van der Waals surface area contributed by atoms with Gasteiger partial charge in [-0.25, -0.2) is 4.79 Å². The molecule has 5 rings (SSSR count). The molecule has 1 unspecified atom stereocenters. The Morgan fingerprint density at radius 2 is 2.00 bits per heavy atom. The number of pyridine rings is 1. The van der Waals surface area contributed by atoms with Gasteiger partial charge in [0.05, 0.1) is 5.52 Å². The molecule has 1 saturated heterocycles. The molecule has 1 fully saturated rings. The number of carbonyl (C=O) groups is 1. The maximum Gasteiger partial charge on any atom is 0.420 e. The standard InChI is InChI=1S/C22H21N5O4/c28-20(14-27-17-5-1-2-6-18(17)30-22(27)29)26-11-3-4-15(13-26)12-19-24-21(31-25-19)16-7-9-23-10-8-16/h1-2,5-10,15H,3-4,11-14H2. The van der Waals surface area contributed by atoms with Gasteiger partial charge in [-0.2, -0.15) is 4.98 Å². The molecule has 0 aliphatic carbocycles. The van der Waals surface area contributed by atoms with Crippen molar-refractivity contribution < 1.29 is 13.7 Å². The van der Waals surface area contributed by atoms with Crippen molar-refractivity contribution in [3.63, 3.8) is 0 Å². The first-order valence-electron chi connectivity index (χ1n) is 10.3. The van der Waals surface area contributed by atoms with Gasteiger partial charge in [-0.05, 0) is 43.0 Å². The lowest BCUT2D eigenvalue weighted by Gasteiger charge is -2.32. The molecule has 31 heavy (non-hydrogen) atoms. The molecule has 158 valence electrons. The van der Waals surface area contributed by atoms with Gasteiger partial charge >= 0.3 is 5.76 Å². The lowest BCUT2D eigenvalue weighted by atomic mass is 9.94. The first-order valence-corrected chi connectivity index (χ1v) is 10.3. The van der Waals surface area contributed by atoms with Crippen molar-refractivity contribution in [2.75, 3.05) is 13.1 Å². The summed E-state index contributed by atoms with van der Waals surface area (Å²) in [7, 11) is 0. The number of aromatic nitrogens is 4. The predicted octanol–water partition coefficient (Wildman–Crippen LogP) is 2.52. The van der Waals surface area contributed by atoms with Crippen LogP contribution in [0.2, 0.25) is 0 Å². The number of benzene rings is 1. The Balaban J connectivity index is 1.25. The van der Waals surface area contributed by atoms with Crippen LogP contribution in [0.15, 0.2) is 62.5 Å². The van der Waals surface area contributed by atoms with Crippen molar-refractivity contribution in [3.05, 3.63) is 65.2 Å². The Labute approximate surface area is 177 Å². The molecule has 4 aromatic rings. The van der Waals surface area contributed by atoms with E-state index in [1.165, 1.54) is 4.57 Å². The Morgan fingerprint density at radius 3 is 2.87 bits per heavy atom. The second-order valence-electron chi connectivity index (χ2n) is 7.73. The van der Waals surface area contributed by atoms with Gasteiger partial charge in [-0.3, -0.25) is 14.3 Å². The van der Waals surface area contributed by atoms with Crippen molar-refractivity contribution in [1.82, 2.24) is 24.6 Å². The molecule has 0 radical (unpaired) electrons. The number of nitrogens with zero attached hydrogens (tertiary/aromatic N) is 5. The van der Waals surface area contributed by atoms with Crippen LogP contribution < -0.4 is 5.76 Å². The summed E-state index contributed by atoms with van der Waals surface area (Å²) in [6.07, 6.45) is 5.87. The van der Waals surface area contributed by atoms with Crippen LogP contribution in [0.1, 0.15) is 18.7 Å². The van der Waals surface area contributed by atoms with Crippen LogP contribution in [0.5, 0.6) is 0 Å². The lowest BCUT2D eigenvalue weighted by molar-refractivity contribution is -0.133. The van der Waals surface area contributed by atoms with Crippen LogP contribution in [0.25, 0.3) is 22.6 Å². The number of oxazole rings is 1. The number of likely N-dealkylation sites (tertiary alicyclic amines) is 1. The molecule has 3 aromatic heterocycles. The molecule has 1 aliphatic heterocycles. The average Bonchev–Trinajstić information content (AvgIpc) is 3.39. The van der Waals surface area contributed by atoms with Crippen LogP contribution in [0.4, 0.5) is 0 Å². The van der Waals surface area contributed by atoms with E-state index in [1.54, 1.807) is 30.6 Å². The topological polar surface area (TPSA) is 107 Å². The molecule has 9 nitrogen and oxygen atoms in total. The Morgan fingerprint density at radius 1 is 1.16 bits per heavy atom. The summed E-state index contributed by atoms with van der Waals surface area (Å²) in [6, 6.07) is 10.8. The van der Waals surface area contributed by atoms with Crippen molar-refractivity contribution in [1.29, 1.82) is 0 Å². The highest BCUT2D eigenvalue weighted by Crippen LogP contribution is 2.22. The van der Waals surface area contributed by atoms with E-state index < -0.39 is 5.76 Å². The van der Waals surface area contributed by atoms with Gasteiger partial charge in [0.2, 0.25) is 5.91 Å². The van der Waals surface area contributed by atoms with Crippen LogP contribution in [0, 0.1) is 5.92 Å². The smallest absolute Gasteiger partial charge is 0.408 e. The highest BCUT2D eigenvalue weighted by molar-refractivity contribution is 5.79. The molecular weight excluding hydrogens is 398 g/mol. The number of carbonyl (C=O) groups excluding carboxylic acids is 1. The van der Waals surface area contributed by atoms with Gasteiger partial charge in [0, 0.05) is 37.5 Å². The summed E-state index contributed by atoms with van der Waals surface area (Å²) in [6.45, 7) is 1.24. The largest absolute Gasteiger partial charge is 0.420 e. The van der Waals surface area contributed by atoms with Crippen LogP contribution in [0.3, 0.4) is 0 Å². The fourth-order valence-corrected chi connectivity index (χ4v) is 4.06. The molecule has 0 N–H and O–H groups in total. The Kier molecular flexibility index (Phi) is 5.07. The minimum Gasteiger partial charge on any atom is -0.408 e. The molecule has 0 bridgehead atoms. The Hall–Kier alpha value is -3.75. The molecule has 0 saturated carbocycles. The van der Waals surface area contributed by atoms with E-state index in [9.17, 15) is 9.59 Å². The number of para-hydroxylation sites is 2. The van der Waals surface area contributed by atoms with Crippen LogP contribution >= 0.6 is 0 Å². The Bertz CT molecular complexity index is 1260. The minimum atomic E-state index is -0.515. The summed E-state index contributed by atoms with van der Waals surface area (Å²) < 4.78 is 12.0. The fraction of sp³-hybridized carbons (Fsp3) is 0.318. The van der Waals surface area contributed by atoms with E-state index in [-0.39, 0.29) is 18.4 Å². The van der Waals surface area contributed by atoms with Gasteiger partial charge < -0.3 is 13.8 Å². The van der Waals surface area contributed by atoms with E-state index in [1.807, 2.05) is 23.1 Å². The third-order valence-corrected chi connectivity index (χ3v) is 5.61. The normalized spacial score (nSPS) is 16.6. The van der Waals surface area contributed by atoms with Crippen molar-refractivity contribution in [2.45, 2.75) is 25.8 Å². The quantitative estimate of drug-likeness (QED) is 0.489. The highest BCUT2D eigenvalue weighted by Gasteiger charge is 2.26. The molecule has 1 aromatic carbocycles. The zero-order valence-electron chi connectivity index (χ0n) is 16.8. The van der Waals surface area contributed by atoms with Crippen molar-refractivity contribution in [3.8, 4) is 11.5 Å². The van der Waals surface area contributed by atoms with E-state index >= 15 is 0 Å². The summed E-state index contributed by atoms with van der Waals surface area (Å²) in [5.41, 5.74) is 1.94. The van der Waals surface area contributed by atoms with Gasteiger partial charge in [-0.1, -0.05) is 17.3 Å². The average molecular weight is 419 g/mol. The molecule has 1 aliphatic rings. The molecular formula is C22H21N5O4. The van der Waals surface area contributed by atoms with E-state index in [0.29, 0.717) is 42.3 Å². The van der Waals surface area contributed by atoms with Crippen molar-refractivity contribution >= 4 is 17.0 Å². The van der Waals surface area contributed by atoms with Crippen LogP contribution in [-0.4, -0.2) is 43.6 Å². The number of hydrogen-bond acceptors (Lipinski definition) is 7. The van der Waals surface area contributed by atoms with E-state index in [0.717, 1.165) is 18.4 Å². The van der Waals surface area contributed by atoms with E-state index in [4.69, 9.17) is 8.94 Å². The van der Waals surface area contributed by atoms with Gasteiger partial charge in [0.1, 0.15) is 6.54 Å². The summed E-state index contributed by atoms with van der Waals surface area (Å²) >= 11 is 0. The lowest BCUT2D eigenvalue weighted by Crippen LogP contribution is -2.43. The second-order valence-corrected chi connectivity index (χ2v) is 7.73. The number of fused-ring (bicyclic) bond motifs is 1. The number of amides is 1. The number of piperidine rings is 1. The first-order chi connectivity index (χ1) is 15.2. The summed E-state index contributed by atoms with van der Waals surface area (Å²) in [5, 5.41) is 4.10. The first kappa shape index (κ1) is 19.2. The third kappa shape index (κ3) is 3.98. The minimum absolute atomic E-state index is 0.0308. The van der Waals surface area contributed by atoms with Crippen molar-refractivity contribution in [2.24, 2.45) is 5.92 Å². The predicted molar refractivity (Wildman–Crippen MR) is 111 cm³/mol. The van der Waals surface area contributed by atoms with Gasteiger partial charge in [0.15, 0.2) is 11.4 Å². The molecule has 9 heteroatoms. The highest BCUT2D eigenvalue weighted by atomic mass is 16.5. The molecule has 1 amide bonds. The van der Waals surface area contributed by atoms with Gasteiger partial charge in [-0.15, -0.1) is 0 Å². The monoisotopic (exact) mass is 419 g/mol. The van der Waals surface area contributed by atoms with Gasteiger partial charge in [0.25, 0.3) is 5.89 Å². The SMILES string of the molecule is O=C(Cn1c(=O)oc2ccccc21)N1CCCC(Cc2noc(-c3ccncc3)n2)C1. The molecule has 0 spiro atoms. The van der Waals surface area contributed by atoms with E-state index in [2.05, 4.69) is 15.1 Å². The zero-order chi connectivity index (χ0) is 21.2. The zero-order valence-corrected chi connectivity index (χ0v) is 16.8. The maximum atomic E-state index is 12.9.